The number of carbonyl (C=O) groups excluding carboxylic acids is 1. The molecule has 1 fully saturated rings. The Bertz CT molecular complexity index is 879. The smallest absolute Gasteiger partial charge is 0.311 e. The van der Waals surface area contributed by atoms with Crippen molar-refractivity contribution in [3.05, 3.63) is 62.7 Å². The number of benzene rings is 2. The van der Waals surface area contributed by atoms with Crippen molar-refractivity contribution in [2.24, 2.45) is 0 Å². The zero-order chi connectivity index (χ0) is 19.6. The third-order valence-corrected chi connectivity index (χ3v) is 4.94. The third kappa shape index (κ3) is 3.98. The first-order chi connectivity index (χ1) is 12.9. The first-order valence-electron chi connectivity index (χ1n) is 8.53. The van der Waals surface area contributed by atoms with Gasteiger partial charge in [-0.2, -0.15) is 0 Å². The van der Waals surface area contributed by atoms with E-state index in [0.29, 0.717) is 31.2 Å². The minimum atomic E-state index is -0.546. The van der Waals surface area contributed by atoms with E-state index in [-0.39, 0.29) is 22.9 Å². The van der Waals surface area contributed by atoms with Gasteiger partial charge in [0.1, 0.15) is 0 Å². The van der Waals surface area contributed by atoms with Gasteiger partial charge in [-0.25, -0.2) is 0 Å². The van der Waals surface area contributed by atoms with E-state index in [1.165, 1.54) is 19.2 Å². The van der Waals surface area contributed by atoms with Crippen molar-refractivity contribution in [3.8, 4) is 5.75 Å². The van der Waals surface area contributed by atoms with E-state index in [9.17, 15) is 14.9 Å². The van der Waals surface area contributed by atoms with Gasteiger partial charge in [-0.1, -0.05) is 17.7 Å². The van der Waals surface area contributed by atoms with Crippen LogP contribution < -0.4 is 9.64 Å². The van der Waals surface area contributed by atoms with Crippen LogP contribution in [0.1, 0.15) is 15.9 Å². The van der Waals surface area contributed by atoms with Gasteiger partial charge in [0, 0.05) is 48.5 Å². The third-order valence-electron chi connectivity index (χ3n) is 4.70. The van der Waals surface area contributed by atoms with Gasteiger partial charge in [0.05, 0.1) is 12.0 Å². The summed E-state index contributed by atoms with van der Waals surface area (Å²) in [5.41, 5.74) is 2.27. The Hall–Kier alpha value is -2.80. The van der Waals surface area contributed by atoms with Crippen molar-refractivity contribution in [1.29, 1.82) is 0 Å². The number of anilines is 1. The van der Waals surface area contributed by atoms with Crippen LogP contribution in [0.15, 0.2) is 36.4 Å². The van der Waals surface area contributed by atoms with Gasteiger partial charge in [0.15, 0.2) is 5.75 Å². The molecule has 2 aromatic rings. The van der Waals surface area contributed by atoms with E-state index in [1.807, 2.05) is 25.1 Å². The number of nitro groups is 1. The number of aryl methyl sites for hydroxylation is 1. The Morgan fingerprint density at radius 1 is 1.15 bits per heavy atom. The number of hydrogen-bond acceptors (Lipinski definition) is 5. The minimum Gasteiger partial charge on any atom is -0.490 e. The van der Waals surface area contributed by atoms with Crippen LogP contribution in [0.4, 0.5) is 11.4 Å². The molecule has 0 spiro atoms. The molecule has 1 aliphatic heterocycles. The van der Waals surface area contributed by atoms with Gasteiger partial charge < -0.3 is 14.5 Å². The van der Waals surface area contributed by atoms with Crippen LogP contribution >= 0.6 is 11.6 Å². The number of piperazine rings is 1. The summed E-state index contributed by atoms with van der Waals surface area (Å²) in [4.78, 5) is 27.3. The maximum atomic E-state index is 12.8. The topological polar surface area (TPSA) is 75.9 Å². The first-order valence-corrected chi connectivity index (χ1v) is 8.91. The average Bonchev–Trinajstić information content (AvgIpc) is 2.69. The summed E-state index contributed by atoms with van der Waals surface area (Å²) in [5.74, 6) is -0.0824. The fourth-order valence-electron chi connectivity index (χ4n) is 3.22. The van der Waals surface area contributed by atoms with Crippen molar-refractivity contribution >= 4 is 28.9 Å². The highest BCUT2D eigenvalue weighted by molar-refractivity contribution is 6.30. The van der Waals surface area contributed by atoms with Crippen molar-refractivity contribution in [3.63, 3.8) is 0 Å². The molecule has 0 radical (unpaired) electrons. The number of methoxy groups -OCH3 is 1. The van der Waals surface area contributed by atoms with E-state index >= 15 is 0 Å². The molecule has 27 heavy (non-hydrogen) atoms. The molecule has 142 valence electrons. The highest BCUT2D eigenvalue weighted by atomic mass is 35.5. The van der Waals surface area contributed by atoms with E-state index < -0.39 is 4.92 Å². The lowest BCUT2D eigenvalue weighted by molar-refractivity contribution is -0.385. The van der Waals surface area contributed by atoms with Gasteiger partial charge in [-0.3, -0.25) is 14.9 Å². The monoisotopic (exact) mass is 389 g/mol. The van der Waals surface area contributed by atoms with E-state index in [4.69, 9.17) is 16.3 Å². The summed E-state index contributed by atoms with van der Waals surface area (Å²) in [6, 6.07) is 10.1. The SMILES string of the molecule is COc1ccc(C(=O)N2CCN(c3cc(Cl)ccc3C)CC2)cc1[N+](=O)[O-]. The summed E-state index contributed by atoms with van der Waals surface area (Å²) in [5, 5.41) is 11.9. The Kier molecular flexibility index (Phi) is 5.51. The second-order valence-electron chi connectivity index (χ2n) is 6.35. The molecular weight excluding hydrogens is 370 g/mol. The Morgan fingerprint density at radius 3 is 2.48 bits per heavy atom. The maximum absolute atomic E-state index is 12.8. The molecule has 0 N–H and O–H groups in total. The molecule has 1 amide bonds. The quantitative estimate of drug-likeness (QED) is 0.590. The number of nitro benzene ring substituents is 1. The highest BCUT2D eigenvalue weighted by Gasteiger charge is 2.25. The van der Waals surface area contributed by atoms with Crippen molar-refractivity contribution < 1.29 is 14.5 Å². The summed E-state index contributed by atoms with van der Waals surface area (Å²) < 4.78 is 4.99. The molecule has 8 heteroatoms. The van der Waals surface area contributed by atoms with Gasteiger partial charge in [-0.15, -0.1) is 0 Å². The summed E-state index contributed by atoms with van der Waals surface area (Å²) >= 11 is 6.10. The van der Waals surface area contributed by atoms with Crippen LogP contribution in [0.2, 0.25) is 5.02 Å². The number of nitrogens with zero attached hydrogens (tertiary/aromatic N) is 3. The summed E-state index contributed by atoms with van der Waals surface area (Å²) in [6.45, 7) is 4.44. The second-order valence-corrected chi connectivity index (χ2v) is 6.79. The highest BCUT2D eigenvalue weighted by Crippen LogP contribution is 2.29. The fraction of sp³-hybridized carbons (Fsp3) is 0.316. The van der Waals surface area contributed by atoms with Gasteiger partial charge in [-0.05, 0) is 36.8 Å². The molecule has 0 atom stereocenters. The van der Waals surface area contributed by atoms with E-state index in [2.05, 4.69) is 4.90 Å². The standard InChI is InChI=1S/C19H20ClN3O4/c1-13-3-5-15(20)12-16(13)21-7-9-22(10-8-21)19(24)14-4-6-18(27-2)17(11-14)23(25)26/h3-6,11-12H,7-10H2,1-2H3. The maximum Gasteiger partial charge on any atom is 0.311 e. The molecule has 0 aromatic heterocycles. The molecule has 0 aliphatic carbocycles. The predicted molar refractivity (Wildman–Crippen MR) is 104 cm³/mol. The summed E-state index contributed by atoms with van der Waals surface area (Å²) in [7, 11) is 1.36. The molecule has 0 bridgehead atoms. The molecule has 7 nitrogen and oxygen atoms in total. The predicted octanol–water partition coefficient (Wildman–Crippen LogP) is 3.53. The van der Waals surface area contributed by atoms with Gasteiger partial charge >= 0.3 is 5.69 Å². The van der Waals surface area contributed by atoms with Crippen molar-refractivity contribution in [2.45, 2.75) is 6.92 Å². The number of halogens is 1. The largest absolute Gasteiger partial charge is 0.490 e. The zero-order valence-electron chi connectivity index (χ0n) is 15.1. The normalized spacial score (nSPS) is 14.2. The molecular formula is C19H20ClN3O4. The lowest BCUT2D eigenvalue weighted by atomic mass is 10.1. The number of hydrogen-bond donors (Lipinski definition) is 0. The molecule has 0 unspecified atom stereocenters. The molecule has 2 aromatic carbocycles. The second kappa shape index (κ2) is 7.84. The number of carbonyl (C=O) groups is 1. The van der Waals surface area contributed by atoms with E-state index in [1.54, 1.807) is 11.0 Å². The van der Waals surface area contributed by atoms with Crippen molar-refractivity contribution in [1.82, 2.24) is 4.90 Å². The Balaban J connectivity index is 1.73. The first kappa shape index (κ1) is 19.0. The molecule has 1 aliphatic rings. The van der Waals surface area contributed by atoms with Crippen LogP contribution in [0.5, 0.6) is 5.75 Å². The lowest BCUT2D eigenvalue weighted by Crippen LogP contribution is -2.49. The molecule has 0 saturated carbocycles. The Labute approximate surface area is 162 Å². The Morgan fingerprint density at radius 2 is 1.85 bits per heavy atom. The lowest BCUT2D eigenvalue weighted by Gasteiger charge is -2.37. The van der Waals surface area contributed by atoms with Crippen LogP contribution in [0.25, 0.3) is 0 Å². The molecule has 1 heterocycles. The van der Waals surface area contributed by atoms with Gasteiger partial charge in [0.25, 0.3) is 5.91 Å². The fourth-order valence-corrected chi connectivity index (χ4v) is 3.39. The number of ether oxygens (including phenoxy) is 1. The molecule has 3 rings (SSSR count). The average molecular weight is 390 g/mol. The van der Waals surface area contributed by atoms with E-state index in [0.717, 1.165) is 11.3 Å². The van der Waals surface area contributed by atoms with Crippen LogP contribution in [0, 0.1) is 17.0 Å². The number of amides is 1. The van der Waals surface area contributed by atoms with Crippen LogP contribution in [0.3, 0.4) is 0 Å². The zero-order valence-corrected chi connectivity index (χ0v) is 15.9. The minimum absolute atomic E-state index is 0.137. The van der Waals surface area contributed by atoms with Crippen LogP contribution in [-0.2, 0) is 0 Å². The molecule has 1 saturated heterocycles. The van der Waals surface area contributed by atoms with Crippen molar-refractivity contribution in [2.75, 3.05) is 38.2 Å². The van der Waals surface area contributed by atoms with Crippen LogP contribution in [-0.4, -0.2) is 49.0 Å². The van der Waals surface area contributed by atoms with Gasteiger partial charge in [0.2, 0.25) is 0 Å². The number of rotatable bonds is 4. The summed E-state index contributed by atoms with van der Waals surface area (Å²) in [6.07, 6.45) is 0.